The molecule has 25 heavy (non-hydrogen) atoms. The summed E-state index contributed by atoms with van der Waals surface area (Å²) in [5.41, 5.74) is 2.11. The normalized spacial score (nSPS) is 14.4. The molecule has 0 unspecified atom stereocenters. The van der Waals surface area contributed by atoms with E-state index in [-0.39, 0.29) is 11.9 Å². The molecule has 1 saturated carbocycles. The Kier molecular flexibility index (Phi) is 7.25. The Morgan fingerprint density at radius 3 is 2.64 bits per heavy atom. The van der Waals surface area contributed by atoms with E-state index in [1.807, 2.05) is 13.0 Å². The van der Waals surface area contributed by atoms with Crippen molar-refractivity contribution in [2.75, 3.05) is 32.6 Å². The van der Waals surface area contributed by atoms with Gasteiger partial charge in [-0.05, 0) is 43.9 Å². The highest BCUT2D eigenvalue weighted by Gasteiger charge is 2.15. The van der Waals surface area contributed by atoms with Crippen LogP contribution in [0.25, 0.3) is 0 Å². The van der Waals surface area contributed by atoms with Crippen LogP contribution in [0.4, 0.5) is 10.5 Å². The molecular weight excluding hydrogens is 318 g/mol. The van der Waals surface area contributed by atoms with Crippen LogP contribution < -0.4 is 10.6 Å². The molecule has 2 N–H and O–H groups in total. The molecule has 3 amide bonds. The van der Waals surface area contributed by atoms with E-state index in [1.54, 1.807) is 26.2 Å². The first-order chi connectivity index (χ1) is 12.0. The first-order valence-corrected chi connectivity index (χ1v) is 8.96. The highest BCUT2D eigenvalue weighted by atomic mass is 16.5. The fraction of sp³-hybridized carbons (Fsp3) is 0.579. The van der Waals surface area contributed by atoms with Gasteiger partial charge in [-0.1, -0.05) is 18.9 Å². The Hall–Kier alpha value is -2.08. The van der Waals surface area contributed by atoms with Crippen molar-refractivity contribution in [2.24, 2.45) is 0 Å². The van der Waals surface area contributed by atoms with E-state index in [4.69, 9.17) is 4.74 Å². The van der Waals surface area contributed by atoms with E-state index in [9.17, 15) is 9.59 Å². The van der Waals surface area contributed by atoms with Gasteiger partial charge in [-0.2, -0.15) is 0 Å². The zero-order valence-corrected chi connectivity index (χ0v) is 15.4. The summed E-state index contributed by atoms with van der Waals surface area (Å²) >= 11 is 0. The number of carbonyl (C=O) groups is 2. The molecule has 0 heterocycles. The van der Waals surface area contributed by atoms with Crippen LogP contribution >= 0.6 is 0 Å². The van der Waals surface area contributed by atoms with Gasteiger partial charge in [0.15, 0.2) is 0 Å². The van der Waals surface area contributed by atoms with Crippen molar-refractivity contribution in [1.82, 2.24) is 10.2 Å². The van der Waals surface area contributed by atoms with Gasteiger partial charge in [-0.25, -0.2) is 4.79 Å². The molecule has 1 fully saturated rings. The quantitative estimate of drug-likeness (QED) is 0.744. The van der Waals surface area contributed by atoms with Crippen LogP contribution in [-0.4, -0.2) is 50.2 Å². The van der Waals surface area contributed by atoms with Crippen LogP contribution in [0.3, 0.4) is 0 Å². The van der Waals surface area contributed by atoms with Gasteiger partial charge in [-0.15, -0.1) is 0 Å². The highest BCUT2D eigenvalue weighted by Crippen LogP contribution is 2.21. The van der Waals surface area contributed by atoms with Crippen LogP contribution in [0.2, 0.25) is 0 Å². The second-order valence-corrected chi connectivity index (χ2v) is 6.74. The van der Waals surface area contributed by atoms with Crippen LogP contribution in [0.5, 0.6) is 0 Å². The van der Waals surface area contributed by atoms with Gasteiger partial charge < -0.3 is 20.3 Å². The lowest BCUT2D eigenvalue weighted by atomic mass is 10.1. The Morgan fingerprint density at radius 1 is 1.24 bits per heavy atom. The van der Waals surface area contributed by atoms with Gasteiger partial charge in [-0.3, -0.25) is 4.79 Å². The smallest absolute Gasteiger partial charge is 0.319 e. The summed E-state index contributed by atoms with van der Waals surface area (Å²) in [5, 5.41) is 5.64. The van der Waals surface area contributed by atoms with Crippen molar-refractivity contribution in [3.8, 4) is 0 Å². The predicted octanol–water partition coefficient (Wildman–Crippen LogP) is 3.17. The SMILES string of the molecule is Cc1ccc(C(=O)N(C)C)cc1NC(=O)NCCCOC1CCCC1. The molecule has 2 rings (SSSR count). The van der Waals surface area contributed by atoms with Gasteiger partial charge in [0, 0.05) is 38.5 Å². The minimum Gasteiger partial charge on any atom is -0.378 e. The summed E-state index contributed by atoms with van der Waals surface area (Å²) in [6, 6.07) is 5.04. The number of hydrogen-bond acceptors (Lipinski definition) is 3. The number of urea groups is 1. The first-order valence-electron chi connectivity index (χ1n) is 8.96. The largest absolute Gasteiger partial charge is 0.378 e. The third-order valence-electron chi connectivity index (χ3n) is 4.40. The van der Waals surface area contributed by atoms with Crippen LogP contribution in [-0.2, 0) is 4.74 Å². The van der Waals surface area contributed by atoms with Crippen molar-refractivity contribution in [1.29, 1.82) is 0 Å². The molecule has 0 aliphatic heterocycles. The molecule has 0 atom stereocenters. The molecule has 0 saturated heterocycles. The molecule has 0 aromatic heterocycles. The van der Waals surface area contributed by atoms with Crippen molar-refractivity contribution in [3.05, 3.63) is 29.3 Å². The zero-order chi connectivity index (χ0) is 18.2. The topological polar surface area (TPSA) is 70.7 Å². The molecule has 6 nitrogen and oxygen atoms in total. The fourth-order valence-corrected chi connectivity index (χ4v) is 2.89. The molecule has 0 spiro atoms. The average Bonchev–Trinajstić information content (AvgIpc) is 3.09. The number of carbonyl (C=O) groups excluding carboxylic acids is 2. The van der Waals surface area contributed by atoms with Crippen molar-refractivity contribution in [2.45, 2.75) is 45.1 Å². The van der Waals surface area contributed by atoms with E-state index in [2.05, 4.69) is 10.6 Å². The number of rotatable bonds is 7. The van der Waals surface area contributed by atoms with Gasteiger partial charge >= 0.3 is 6.03 Å². The number of hydrogen-bond donors (Lipinski definition) is 2. The molecule has 1 aliphatic rings. The Morgan fingerprint density at radius 2 is 1.96 bits per heavy atom. The number of nitrogens with zero attached hydrogens (tertiary/aromatic N) is 1. The summed E-state index contributed by atoms with van der Waals surface area (Å²) < 4.78 is 5.77. The van der Waals surface area contributed by atoms with Gasteiger partial charge in [0.2, 0.25) is 0 Å². The third-order valence-corrected chi connectivity index (χ3v) is 4.40. The average molecular weight is 347 g/mol. The summed E-state index contributed by atoms with van der Waals surface area (Å²) in [6.07, 6.45) is 6.06. The van der Waals surface area contributed by atoms with E-state index in [1.165, 1.54) is 17.7 Å². The minimum absolute atomic E-state index is 0.0903. The maximum atomic E-state index is 12.0. The summed E-state index contributed by atoms with van der Waals surface area (Å²) in [6.45, 7) is 3.14. The van der Waals surface area contributed by atoms with E-state index >= 15 is 0 Å². The Bertz CT molecular complexity index is 596. The maximum absolute atomic E-state index is 12.0. The molecular formula is C19H29N3O3. The van der Waals surface area contributed by atoms with Crippen LogP contribution in [0, 0.1) is 6.92 Å². The number of anilines is 1. The lowest BCUT2D eigenvalue weighted by molar-refractivity contribution is 0.0572. The first kappa shape index (κ1) is 19.2. The van der Waals surface area contributed by atoms with E-state index in [0.29, 0.717) is 30.5 Å². The summed E-state index contributed by atoms with van der Waals surface area (Å²) in [7, 11) is 3.41. The van der Waals surface area contributed by atoms with Crippen molar-refractivity contribution in [3.63, 3.8) is 0 Å². The standard InChI is InChI=1S/C19H29N3O3/c1-14-9-10-15(18(23)22(2)3)13-17(14)21-19(24)20-11-6-12-25-16-7-4-5-8-16/h9-10,13,16H,4-8,11-12H2,1-3H3,(H2,20,21,24). The Labute approximate surface area is 149 Å². The lowest BCUT2D eigenvalue weighted by Crippen LogP contribution is -2.30. The third kappa shape index (κ3) is 6.05. The minimum atomic E-state index is -0.265. The molecule has 0 bridgehead atoms. The number of aryl methyl sites for hydroxylation is 1. The molecule has 138 valence electrons. The predicted molar refractivity (Wildman–Crippen MR) is 99.0 cm³/mol. The van der Waals surface area contributed by atoms with E-state index < -0.39 is 0 Å². The van der Waals surface area contributed by atoms with Crippen molar-refractivity contribution < 1.29 is 14.3 Å². The van der Waals surface area contributed by atoms with Gasteiger partial charge in [0.05, 0.1) is 6.10 Å². The number of benzene rings is 1. The zero-order valence-electron chi connectivity index (χ0n) is 15.4. The molecule has 1 aromatic rings. The van der Waals surface area contributed by atoms with Gasteiger partial charge in [0.1, 0.15) is 0 Å². The van der Waals surface area contributed by atoms with Crippen LogP contribution in [0.15, 0.2) is 18.2 Å². The molecule has 0 radical (unpaired) electrons. The molecule has 6 heteroatoms. The lowest BCUT2D eigenvalue weighted by Gasteiger charge is -2.14. The number of ether oxygens (including phenoxy) is 1. The number of nitrogens with one attached hydrogen (secondary N) is 2. The van der Waals surface area contributed by atoms with Crippen LogP contribution in [0.1, 0.15) is 48.0 Å². The summed E-state index contributed by atoms with van der Waals surface area (Å²) in [5.74, 6) is -0.0903. The van der Waals surface area contributed by atoms with E-state index in [0.717, 1.165) is 24.8 Å². The monoisotopic (exact) mass is 347 g/mol. The highest BCUT2D eigenvalue weighted by molar-refractivity contribution is 5.97. The second-order valence-electron chi connectivity index (χ2n) is 6.74. The molecule has 1 aliphatic carbocycles. The Balaban J connectivity index is 1.75. The summed E-state index contributed by atoms with van der Waals surface area (Å²) in [4.78, 5) is 25.6. The maximum Gasteiger partial charge on any atom is 0.319 e. The fourth-order valence-electron chi connectivity index (χ4n) is 2.89. The second kappa shape index (κ2) is 9.42. The van der Waals surface area contributed by atoms with Gasteiger partial charge in [0.25, 0.3) is 5.91 Å². The molecule has 1 aromatic carbocycles. The number of amides is 3. The van der Waals surface area contributed by atoms with Crippen molar-refractivity contribution >= 4 is 17.6 Å².